The minimum Gasteiger partial charge on any atom is -0.359 e. The van der Waals surface area contributed by atoms with E-state index in [-0.39, 0.29) is 24.4 Å². The lowest BCUT2D eigenvalue weighted by atomic mass is 9.91. The van der Waals surface area contributed by atoms with Crippen LogP contribution in [-0.4, -0.2) is 0 Å². The Morgan fingerprint density at radius 1 is 0.300 bits per heavy atom. The first-order valence-corrected chi connectivity index (χ1v) is 10.4. The maximum atomic E-state index is 6.87. The monoisotopic (exact) mass is 392 g/mol. The summed E-state index contributed by atoms with van der Waals surface area (Å²) in [7, 11) is 0. The maximum absolute atomic E-state index is 6.87. The quantitative estimate of drug-likeness (QED) is 0.372. The van der Waals surface area contributed by atoms with E-state index < -0.39 is 0 Å². The second-order valence-electron chi connectivity index (χ2n) is 7.60. The second kappa shape index (κ2) is 8.66. The normalized spacial score (nSPS) is 23.7. The topological polar surface area (TPSA) is 18.5 Å². The van der Waals surface area contributed by atoms with E-state index in [0.29, 0.717) is 0 Å². The smallest absolute Gasteiger partial charge is 0.114 e. The van der Waals surface area contributed by atoms with Crippen molar-refractivity contribution in [2.24, 2.45) is 0 Å². The van der Waals surface area contributed by atoms with Crippen LogP contribution in [0.25, 0.3) is 0 Å². The highest BCUT2D eigenvalue weighted by Gasteiger charge is 2.41. The van der Waals surface area contributed by atoms with Crippen LogP contribution in [0.4, 0.5) is 0 Å². The fourth-order valence-corrected chi connectivity index (χ4v) is 4.19. The first-order valence-electron chi connectivity index (χ1n) is 10.4. The molecule has 2 heteroatoms. The molecule has 0 amide bonds. The number of rotatable bonds is 4. The van der Waals surface area contributed by atoms with Crippen LogP contribution in [0.2, 0.25) is 0 Å². The summed E-state index contributed by atoms with van der Waals surface area (Å²) in [6.07, 6.45) is -0.782. The Balaban J connectivity index is 1.61. The van der Waals surface area contributed by atoms with Gasteiger partial charge < -0.3 is 9.47 Å². The van der Waals surface area contributed by atoms with Crippen molar-refractivity contribution < 1.29 is 9.47 Å². The van der Waals surface area contributed by atoms with Crippen molar-refractivity contribution in [1.82, 2.24) is 0 Å². The van der Waals surface area contributed by atoms with Crippen molar-refractivity contribution in [3.05, 3.63) is 144 Å². The summed E-state index contributed by atoms with van der Waals surface area (Å²) in [5.41, 5.74) is 4.50. The minimum absolute atomic E-state index is 0.196. The molecule has 0 bridgehead atoms. The van der Waals surface area contributed by atoms with Gasteiger partial charge in [0.15, 0.2) is 0 Å². The van der Waals surface area contributed by atoms with Crippen LogP contribution in [-0.2, 0) is 9.47 Å². The predicted molar refractivity (Wildman–Crippen MR) is 119 cm³/mol. The highest BCUT2D eigenvalue weighted by Crippen LogP contribution is 2.51. The first-order chi connectivity index (χ1) is 14.9. The zero-order valence-corrected chi connectivity index (χ0v) is 16.7. The van der Waals surface area contributed by atoms with Gasteiger partial charge in [0.25, 0.3) is 0 Å². The summed E-state index contributed by atoms with van der Waals surface area (Å²) in [6, 6.07) is 41.6. The summed E-state index contributed by atoms with van der Waals surface area (Å²) in [4.78, 5) is 0. The summed E-state index contributed by atoms with van der Waals surface area (Å²) >= 11 is 0. The zero-order chi connectivity index (χ0) is 20.2. The molecule has 30 heavy (non-hydrogen) atoms. The number of hydrogen-bond donors (Lipinski definition) is 0. The second-order valence-corrected chi connectivity index (χ2v) is 7.60. The van der Waals surface area contributed by atoms with Gasteiger partial charge in [0.05, 0.1) is 0 Å². The van der Waals surface area contributed by atoms with Gasteiger partial charge in [0.2, 0.25) is 0 Å². The molecule has 4 aromatic rings. The molecule has 1 aliphatic heterocycles. The van der Waals surface area contributed by atoms with Crippen molar-refractivity contribution in [2.75, 3.05) is 0 Å². The van der Waals surface area contributed by atoms with Crippen LogP contribution in [0, 0.1) is 0 Å². The average molecular weight is 392 g/mol. The van der Waals surface area contributed by atoms with Crippen LogP contribution in [0.1, 0.15) is 46.7 Å². The third-order valence-corrected chi connectivity index (χ3v) is 5.65. The Kier molecular flexibility index (Phi) is 5.43. The molecule has 0 saturated carbocycles. The molecule has 148 valence electrons. The van der Waals surface area contributed by atoms with E-state index in [2.05, 4.69) is 97.1 Å². The first kappa shape index (κ1) is 18.8. The number of benzene rings is 4. The van der Waals surface area contributed by atoms with Gasteiger partial charge >= 0.3 is 0 Å². The van der Waals surface area contributed by atoms with E-state index in [1.165, 1.54) is 0 Å². The molecule has 1 saturated heterocycles. The standard InChI is InChI=1S/C28H24O2/c1-5-13-21(14-6-1)25-26(22-15-7-2-8-16-22)30-28(24-19-11-4-12-20-24)27(29-25)23-17-9-3-10-18-23/h1-20,25-28H/t25-,26+,27-,28+. The fourth-order valence-electron chi connectivity index (χ4n) is 4.19. The Morgan fingerprint density at radius 3 is 0.700 bits per heavy atom. The maximum Gasteiger partial charge on any atom is 0.114 e. The molecule has 5 rings (SSSR count). The van der Waals surface area contributed by atoms with E-state index in [1.807, 2.05) is 24.3 Å². The zero-order valence-electron chi connectivity index (χ0n) is 16.7. The average Bonchev–Trinajstić information content (AvgIpc) is 2.85. The molecular formula is C28H24O2. The molecule has 0 N–H and O–H groups in total. The van der Waals surface area contributed by atoms with Crippen LogP contribution < -0.4 is 0 Å². The van der Waals surface area contributed by atoms with E-state index in [9.17, 15) is 0 Å². The largest absolute Gasteiger partial charge is 0.359 e. The molecule has 4 atom stereocenters. The Morgan fingerprint density at radius 2 is 0.500 bits per heavy atom. The molecule has 1 fully saturated rings. The van der Waals surface area contributed by atoms with E-state index >= 15 is 0 Å². The lowest BCUT2D eigenvalue weighted by Gasteiger charge is -2.43. The SMILES string of the molecule is c1ccc([C@H]2O[C@H](c3ccccc3)[C@H](c3ccccc3)O[C@H]2c2ccccc2)cc1. The Hall–Kier alpha value is -3.20. The van der Waals surface area contributed by atoms with Gasteiger partial charge in [-0.05, 0) is 22.3 Å². The van der Waals surface area contributed by atoms with Crippen molar-refractivity contribution >= 4 is 0 Å². The van der Waals surface area contributed by atoms with E-state index in [0.717, 1.165) is 22.3 Å². The number of ether oxygens (including phenoxy) is 2. The highest BCUT2D eigenvalue weighted by atomic mass is 16.6. The molecule has 0 radical (unpaired) electrons. The lowest BCUT2D eigenvalue weighted by Crippen LogP contribution is -2.32. The lowest BCUT2D eigenvalue weighted by molar-refractivity contribution is -0.232. The molecule has 2 nitrogen and oxygen atoms in total. The van der Waals surface area contributed by atoms with Crippen molar-refractivity contribution in [3.63, 3.8) is 0 Å². The summed E-state index contributed by atoms with van der Waals surface area (Å²) in [5.74, 6) is 0. The van der Waals surface area contributed by atoms with Gasteiger partial charge in [-0.25, -0.2) is 0 Å². The molecule has 4 aromatic carbocycles. The molecule has 0 unspecified atom stereocenters. The highest BCUT2D eigenvalue weighted by molar-refractivity contribution is 5.30. The van der Waals surface area contributed by atoms with Crippen molar-refractivity contribution in [1.29, 1.82) is 0 Å². The van der Waals surface area contributed by atoms with Gasteiger partial charge in [0.1, 0.15) is 24.4 Å². The van der Waals surface area contributed by atoms with E-state index in [4.69, 9.17) is 9.47 Å². The predicted octanol–water partition coefficient (Wildman–Crippen LogP) is 7.00. The van der Waals surface area contributed by atoms with Crippen LogP contribution in [0.5, 0.6) is 0 Å². The fraction of sp³-hybridized carbons (Fsp3) is 0.143. The molecule has 0 spiro atoms. The van der Waals surface area contributed by atoms with Crippen LogP contribution >= 0.6 is 0 Å². The minimum atomic E-state index is -0.196. The third kappa shape index (κ3) is 3.80. The van der Waals surface area contributed by atoms with Gasteiger partial charge in [-0.3, -0.25) is 0 Å². The van der Waals surface area contributed by atoms with Crippen LogP contribution in [0.3, 0.4) is 0 Å². The van der Waals surface area contributed by atoms with Crippen molar-refractivity contribution in [2.45, 2.75) is 24.4 Å². The molecule has 1 heterocycles. The van der Waals surface area contributed by atoms with Crippen LogP contribution in [0.15, 0.2) is 121 Å². The summed E-state index contributed by atoms with van der Waals surface area (Å²) in [5, 5.41) is 0. The van der Waals surface area contributed by atoms with Crippen molar-refractivity contribution in [3.8, 4) is 0 Å². The summed E-state index contributed by atoms with van der Waals surface area (Å²) < 4.78 is 13.7. The van der Waals surface area contributed by atoms with Gasteiger partial charge in [-0.15, -0.1) is 0 Å². The third-order valence-electron chi connectivity index (χ3n) is 5.65. The summed E-state index contributed by atoms with van der Waals surface area (Å²) in [6.45, 7) is 0. The molecule has 1 aliphatic rings. The molecule has 0 aromatic heterocycles. The molecule has 0 aliphatic carbocycles. The van der Waals surface area contributed by atoms with Gasteiger partial charge in [-0.1, -0.05) is 121 Å². The Bertz CT molecular complexity index is 873. The van der Waals surface area contributed by atoms with Gasteiger partial charge in [-0.2, -0.15) is 0 Å². The molecular weight excluding hydrogens is 368 g/mol. The Labute approximate surface area is 177 Å². The van der Waals surface area contributed by atoms with E-state index in [1.54, 1.807) is 0 Å². The van der Waals surface area contributed by atoms with Gasteiger partial charge in [0, 0.05) is 0 Å². The number of hydrogen-bond acceptors (Lipinski definition) is 2.